The molecule has 0 bridgehead atoms. The largest absolute Gasteiger partial charge is 0.507 e. The molecule has 0 unspecified atom stereocenters. The summed E-state index contributed by atoms with van der Waals surface area (Å²) in [7, 11) is 3.91. The summed E-state index contributed by atoms with van der Waals surface area (Å²) >= 11 is 0. The lowest BCUT2D eigenvalue weighted by atomic mass is 9.94. The minimum absolute atomic E-state index is 0.0404. The highest BCUT2D eigenvalue weighted by molar-refractivity contribution is 6.46. The molecule has 2 aliphatic heterocycles. The minimum atomic E-state index is -0.766. The van der Waals surface area contributed by atoms with Gasteiger partial charge in [-0.2, -0.15) is 0 Å². The first-order valence-electron chi connectivity index (χ1n) is 11.5. The number of nitrogens with zero attached hydrogens (tertiary/aromatic N) is 2. The highest BCUT2D eigenvalue weighted by Crippen LogP contribution is 2.43. The summed E-state index contributed by atoms with van der Waals surface area (Å²) in [5.41, 5.74) is 1.08. The van der Waals surface area contributed by atoms with E-state index in [9.17, 15) is 14.7 Å². The zero-order valence-corrected chi connectivity index (χ0v) is 19.7. The molecular weight excluding hydrogens is 436 g/mol. The molecule has 2 heterocycles. The zero-order valence-electron chi connectivity index (χ0n) is 19.7. The Morgan fingerprint density at radius 3 is 2.59 bits per heavy atom. The number of hydrogen-bond acceptors (Lipinski definition) is 7. The molecule has 1 fully saturated rings. The van der Waals surface area contributed by atoms with E-state index in [1.165, 1.54) is 4.90 Å². The summed E-state index contributed by atoms with van der Waals surface area (Å²) in [6.45, 7) is 4.27. The Hall–Kier alpha value is -3.52. The predicted molar refractivity (Wildman–Crippen MR) is 127 cm³/mol. The first-order chi connectivity index (χ1) is 16.4. The van der Waals surface area contributed by atoms with Gasteiger partial charge in [0.1, 0.15) is 24.7 Å². The average Bonchev–Trinajstić information content (AvgIpc) is 3.08. The first kappa shape index (κ1) is 23.6. The van der Waals surface area contributed by atoms with Gasteiger partial charge in [-0.15, -0.1) is 0 Å². The van der Waals surface area contributed by atoms with Crippen molar-refractivity contribution in [3.05, 3.63) is 59.2 Å². The zero-order chi connectivity index (χ0) is 24.2. The number of Topliss-reactive ketones (excluding diaryl/α,β-unsaturated/α-hetero) is 1. The second-order valence-electron chi connectivity index (χ2n) is 8.48. The highest BCUT2D eigenvalue weighted by Gasteiger charge is 2.46. The normalized spacial score (nSPS) is 19.1. The van der Waals surface area contributed by atoms with Crippen LogP contribution in [-0.2, 0) is 9.59 Å². The van der Waals surface area contributed by atoms with Gasteiger partial charge in [0.05, 0.1) is 18.2 Å². The Morgan fingerprint density at radius 1 is 1.12 bits per heavy atom. The molecule has 0 radical (unpaired) electrons. The van der Waals surface area contributed by atoms with Crippen LogP contribution >= 0.6 is 0 Å². The maximum Gasteiger partial charge on any atom is 0.295 e. The van der Waals surface area contributed by atoms with Crippen LogP contribution in [0.3, 0.4) is 0 Å². The number of fused-ring (bicyclic) bond motifs is 1. The number of benzene rings is 2. The van der Waals surface area contributed by atoms with E-state index in [-0.39, 0.29) is 11.3 Å². The molecule has 2 aliphatic rings. The molecular formula is C26H30N2O6. The Bertz CT molecular complexity index is 1110. The van der Waals surface area contributed by atoms with Gasteiger partial charge in [0.25, 0.3) is 11.7 Å². The molecule has 180 valence electrons. The molecule has 0 aliphatic carbocycles. The van der Waals surface area contributed by atoms with Gasteiger partial charge >= 0.3 is 0 Å². The van der Waals surface area contributed by atoms with Crippen molar-refractivity contribution in [2.45, 2.75) is 19.4 Å². The van der Waals surface area contributed by atoms with Crippen molar-refractivity contribution in [2.24, 2.45) is 0 Å². The quantitative estimate of drug-likeness (QED) is 0.363. The van der Waals surface area contributed by atoms with Crippen LogP contribution in [0.2, 0.25) is 0 Å². The topological polar surface area (TPSA) is 88.5 Å². The van der Waals surface area contributed by atoms with Gasteiger partial charge in [-0.25, -0.2) is 0 Å². The lowest BCUT2D eigenvalue weighted by Gasteiger charge is -2.27. The number of hydrogen-bond donors (Lipinski definition) is 1. The van der Waals surface area contributed by atoms with Crippen LogP contribution in [0.25, 0.3) is 5.76 Å². The number of ether oxygens (including phenoxy) is 3. The van der Waals surface area contributed by atoms with Gasteiger partial charge in [0.15, 0.2) is 11.5 Å². The number of aliphatic hydroxyl groups is 1. The van der Waals surface area contributed by atoms with Crippen molar-refractivity contribution >= 4 is 17.4 Å². The van der Waals surface area contributed by atoms with Crippen LogP contribution in [-0.4, -0.2) is 73.6 Å². The summed E-state index contributed by atoms with van der Waals surface area (Å²) in [4.78, 5) is 30.0. The number of amides is 1. The van der Waals surface area contributed by atoms with E-state index in [0.717, 1.165) is 6.54 Å². The second kappa shape index (κ2) is 10.2. The monoisotopic (exact) mass is 466 g/mol. The van der Waals surface area contributed by atoms with Crippen LogP contribution in [0.1, 0.15) is 30.5 Å². The van der Waals surface area contributed by atoms with Crippen LogP contribution in [0, 0.1) is 0 Å². The van der Waals surface area contributed by atoms with Crippen molar-refractivity contribution in [3.63, 3.8) is 0 Å². The molecule has 8 heteroatoms. The number of aliphatic hydroxyl groups excluding tert-OH is 1. The Balaban J connectivity index is 1.82. The molecule has 1 N–H and O–H groups in total. The lowest BCUT2D eigenvalue weighted by molar-refractivity contribution is -0.140. The molecule has 0 aromatic heterocycles. The standard InChI is InChI=1S/C26H30N2O6/c1-4-32-19-9-6-5-8-18(19)23-22(25(30)26(31)28(23)13-7-12-27(2)3)24(29)17-10-11-20-21(16-17)34-15-14-33-20/h5-6,8-11,16,23,29H,4,7,12-15H2,1-3H3/t23-/m1/s1. The maximum absolute atomic E-state index is 13.3. The molecule has 1 saturated heterocycles. The fourth-order valence-corrected chi connectivity index (χ4v) is 4.33. The maximum atomic E-state index is 13.3. The van der Waals surface area contributed by atoms with Crippen molar-refractivity contribution in [3.8, 4) is 17.2 Å². The van der Waals surface area contributed by atoms with E-state index in [2.05, 4.69) is 0 Å². The summed E-state index contributed by atoms with van der Waals surface area (Å²) in [6.07, 6.45) is 0.678. The molecule has 1 atom stereocenters. The second-order valence-corrected chi connectivity index (χ2v) is 8.48. The molecule has 1 amide bonds. The molecule has 0 saturated carbocycles. The smallest absolute Gasteiger partial charge is 0.295 e. The Morgan fingerprint density at radius 2 is 1.85 bits per heavy atom. The molecule has 4 rings (SSSR count). The summed E-state index contributed by atoms with van der Waals surface area (Å²) in [5.74, 6) is 0.0407. The van der Waals surface area contributed by atoms with Gasteiger partial charge < -0.3 is 29.1 Å². The summed E-state index contributed by atoms with van der Waals surface area (Å²) < 4.78 is 17.0. The van der Waals surface area contributed by atoms with E-state index in [1.54, 1.807) is 18.2 Å². The number of likely N-dealkylation sites (tertiary alicyclic amines) is 1. The van der Waals surface area contributed by atoms with Crippen LogP contribution in [0.5, 0.6) is 17.2 Å². The SMILES string of the molecule is CCOc1ccccc1[C@@H]1C(=C(O)c2ccc3c(c2)OCCO3)C(=O)C(=O)N1CCCN(C)C. The molecule has 0 spiro atoms. The number of carbonyl (C=O) groups is 2. The van der Waals surface area contributed by atoms with E-state index in [1.807, 2.05) is 50.2 Å². The minimum Gasteiger partial charge on any atom is -0.507 e. The predicted octanol–water partition coefficient (Wildman–Crippen LogP) is 3.23. The van der Waals surface area contributed by atoms with Crippen LogP contribution < -0.4 is 14.2 Å². The summed E-state index contributed by atoms with van der Waals surface area (Å²) in [6, 6.07) is 11.5. The van der Waals surface area contributed by atoms with Crippen molar-refractivity contribution in [1.82, 2.24) is 9.80 Å². The Kier molecular flexibility index (Phi) is 7.07. The van der Waals surface area contributed by atoms with E-state index in [0.29, 0.717) is 61.2 Å². The fraction of sp³-hybridized carbons (Fsp3) is 0.385. The van der Waals surface area contributed by atoms with Gasteiger partial charge in [0.2, 0.25) is 0 Å². The number of para-hydroxylation sites is 1. The van der Waals surface area contributed by atoms with Crippen molar-refractivity contribution in [1.29, 1.82) is 0 Å². The van der Waals surface area contributed by atoms with E-state index in [4.69, 9.17) is 14.2 Å². The third kappa shape index (κ3) is 4.59. The molecule has 8 nitrogen and oxygen atoms in total. The van der Waals surface area contributed by atoms with E-state index >= 15 is 0 Å². The van der Waals surface area contributed by atoms with Crippen LogP contribution in [0.15, 0.2) is 48.0 Å². The van der Waals surface area contributed by atoms with E-state index < -0.39 is 17.7 Å². The number of rotatable bonds is 8. The fourth-order valence-electron chi connectivity index (χ4n) is 4.33. The third-order valence-corrected chi connectivity index (χ3v) is 5.87. The van der Waals surface area contributed by atoms with Gasteiger partial charge in [-0.05, 0) is 58.3 Å². The van der Waals surface area contributed by atoms with Gasteiger partial charge in [-0.3, -0.25) is 9.59 Å². The van der Waals surface area contributed by atoms with Crippen molar-refractivity contribution < 1.29 is 28.9 Å². The highest BCUT2D eigenvalue weighted by atomic mass is 16.6. The Labute approximate surface area is 199 Å². The number of carbonyl (C=O) groups excluding carboxylic acids is 2. The summed E-state index contributed by atoms with van der Waals surface area (Å²) in [5, 5.41) is 11.3. The number of ketones is 1. The van der Waals surface area contributed by atoms with Crippen LogP contribution in [0.4, 0.5) is 0 Å². The van der Waals surface area contributed by atoms with Gasteiger partial charge in [-0.1, -0.05) is 18.2 Å². The average molecular weight is 467 g/mol. The molecule has 34 heavy (non-hydrogen) atoms. The third-order valence-electron chi connectivity index (χ3n) is 5.87. The molecule has 2 aromatic rings. The van der Waals surface area contributed by atoms with Crippen molar-refractivity contribution in [2.75, 3.05) is 47.0 Å². The molecule has 2 aromatic carbocycles. The van der Waals surface area contributed by atoms with Gasteiger partial charge in [0, 0.05) is 17.7 Å². The lowest BCUT2D eigenvalue weighted by Crippen LogP contribution is -2.32. The first-order valence-corrected chi connectivity index (χ1v) is 11.5.